The minimum atomic E-state index is 0.674. The summed E-state index contributed by atoms with van der Waals surface area (Å²) in [6.07, 6.45) is 5.55. The van der Waals surface area contributed by atoms with Crippen molar-refractivity contribution in [2.75, 3.05) is 32.1 Å². The van der Waals surface area contributed by atoms with Crippen LogP contribution in [-0.4, -0.2) is 43.1 Å². The van der Waals surface area contributed by atoms with E-state index in [9.17, 15) is 0 Å². The molecule has 2 heterocycles. The molecule has 0 aromatic carbocycles. The molecular formula is C18H35N3. The number of aromatic nitrogens is 1. The zero-order valence-electron chi connectivity index (χ0n) is 15.2. The number of aryl methyl sites for hydroxylation is 1. The second kappa shape index (κ2) is 11.6. The molecule has 122 valence electrons. The van der Waals surface area contributed by atoms with E-state index >= 15 is 0 Å². The first kappa shape index (κ1) is 19.9. The molecule has 0 aliphatic carbocycles. The molecule has 1 aliphatic rings. The van der Waals surface area contributed by atoms with Crippen LogP contribution in [0.4, 0.5) is 5.82 Å². The normalized spacial score (nSPS) is 17.0. The lowest BCUT2D eigenvalue weighted by atomic mass is 10.2. The highest BCUT2D eigenvalue weighted by atomic mass is 15.3. The summed E-state index contributed by atoms with van der Waals surface area (Å²) in [5.41, 5.74) is 1.31. The number of anilines is 1. The van der Waals surface area contributed by atoms with E-state index in [0.717, 1.165) is 25.3 Å². The highest BCUT2D eigenvalue weighted by molar-refractivity contribution is 5.40. The third kappa shape index (κ3) is 6.94. The number of hydrogen-bond donors (Lipinski definition) is 0. The predicted octanol–water partition coefficient (Wildman–Crippen LogP) is 4.23. The summed E-state index contributed by atoms with van der Waals surface area (Å²) >= 11 is 0. The molecule has 1 aromatic rings. The molecule has 0 spiro atoms. The Kier molecular flexibility index (Phi) is 11.0. The molecule has 1 aliphatic heterocycles. The van der Waals surface area contributed by atoms with Gasteiger partial charge in [0, 0.05) is 25.3 Å². The van der Waals surface area contributed by atoms with Crippen LogP contribution in [0.3, 0.4) is 0 Å². The van der Waals surface area contributed by atoms with E-state index in [1.807, 2.05) is 20.0 Å². The zero-order valence-corrected chi connectivity index (χ0v) is 15.2. The largest absolute Gasteiger partial charge is 0.355 e. The van der Waals surface area contributed by atoms with Gasteiger partial charge < -0.3 is 9.80 Å². The Hall–Kier alpha value is -1.09. The van der Waals surface area contributed by atoms with Gasteiger partial charge in [-0.25, -0.2) is 4.98 Å². The van der Waals surface area contributed by atoms with Gasteiger partial charge in [-0.05, 0) is 38.6 Å². The lowest BCUT2D eigenvalue weighted by Gasteiger charge is -2.21. The Morgan fingerprint density at radius 2 is 1.81 bits per heavy atom. The van der Waals surface area contributed by atoms with Gasteiger partial charge in [-0.1, -0.05) is 47.1 Å². The molecule has 3 nitrogen and oxygen atoms in total. The van der Waals surface area contributed by atoms with E-state index in [1.54, 1.807) is 0 Å². The van der Waals surface area contributed by atoms with Gasteiger partial charge in [-0.15, -0.1) is 0 Å². The summed E-state index contributed by atoms with van der Waals surface area (Å²) in [4.78, 5) is 9.22. The van der Waals surface area contributed by atoms with E-state index in [0.29, 0.717) is 6.04 Å². The highest BCUT2D eigenvalue weighted by Crippen LogP contribution is 2.20. The molecule has 1 saturated heterocycles. The Balaban J connectivity index is 0.000000713. The molecule has 1 unspecified atom stereocenters. The van der Waals surface area contributed by atoms with Crippen molar-refractivity contribution >= 4 is 5.82 Å². The molecule has 0 amide bonds. The molecule has 0 N–H and O–H groups in total. The van der Waals surface area contributed by atoms with Gasteiger partial charge in [0.25, 0.3) is 0 Å². The molecule has 1 atom stereocenters. The molecule has 3 heteroatoms. The lowest BCUT2D eigenvalue weighted by molar-refractivity contribution is 0.315. The van der Waals surface area contributed by atoms with Gasteiger partial charge in [0.1, 0.15) is 5.82 Å². The molecule has 0 radical (unpaired) electrons. The van der Waals surface area contributed by atoms with E-state index < -0.39 is 0 Å². The number of likely N-dealkylation sites (N-methyl/N-ethyl adjacent to an activating group) is 1. The van der Waals surface area contributed by atoms with Gasteiger partial charge >= 0.3 is 0 Å². The fourth-order valence-electron chi connectivity index (χ4n) is 2.18. The predicted molar refractivity (Wildman–Crippen MR) is 95.2 cm³/mol. The monoisotopic (exact) mass is 293 g/mol. The summed E-state index contributed by atoms with van der Waals surface area (Å²) in [5, 5.41) is 0. The standard InChI is InChI=1S/C13H21N3.C3H8.C2H6/c1-4-11-5-6-13(14-9-11)16-8-7-12(10-16)15(2)3;1-3-2;1-2/h5-6,9,12H,4,7-8,10H2,1-3H3;3H2,1-2H3;1-2H3. The minimum absolute atomic E-state index is 0.674. The quantitative estimate of drug-likeness (QED) is 0.831. The molecule has 1 fully saturated rings. The van der Waals surface area contributed by atoms with Gasteiger partial charge in [-0.3, -0.25) is 0 Å². The van der Waals surface area contributed by atoms with Crippen LogP contribution in [-0.2, 0) is 6.42 Å². The van der Waals surface area contributed by atoms with Gasteiger partial charge in [-0.2, -0.15) is 0 Å². The molecule has 0 bridgehead atoms. The van der Waals surface area contributed by atoms with Crippen LogP contribution in [0.5, 0.6) is 0 Å². The molecule has 2 rings (SSSR count). The van der Waals surface area contributed by atoms with Crippen molar-refractivity contribution in [1.29, 1.82) is 0 Å². The fourth-order valence-corrected chi connectivity index (χ4v) is 2.18. The summed E-state index contributed by atoms with van der Waals surface area (Å²) in [5.74, 6) is 1.13. The van der Waals surface area contributed by atoms with Crippen molar-refractivity contribution in [3.8, 4) is 0 Å². The maximum Gasteiger partial charge on any atom is 0.128 e. The number of rotatable bonds is 3. The average Bonchev–Trinajstić information content (AvgIpc) is 3.00. The van der Waals surface area contributed by atoms with Crippen molar-refractivity contribution in [1.82, 2.24) is 9.88 Å². The summed E-state index contributed by atoms with van der Waals surface area (Å²) in [6, 6.07) is 5.01. The van der Waals surface area contributed by atoms with Crippen LogP contribution in [0.15, 0.2) is 18.3 Å². The van der Waals surface area contributed by atoms with E-state index in [4.69, 9.17) is 0 Å². The second-order valence-electron chi connectivity index (χ2n) is 5.44. The molecule has 1 aromatic heterocycles. The van der Waals surface area contributed by atoms with Crippen molar-refractivity contribution in [2.24, 2.45) is 0 Å². The Labute approximate surface area is 132 Å². The van der Waals surface area contributed by atoms with Crippen LogP contribution >= 0.6 is 0 Å². The van der Waals surface area contributed by atoms with Gasteiger partial charge in [0.05, 0.1) is 0 Å². The molecular weight excluding hydrogens is 258 g/mol. The van der Waals surface area contributed by atoms with Crippen molar-refractivity contribution in [2.45, 2.75) is 59.9 Å². The average molecular weight is 293 g/mol. The number of nitrogens with zero attached hydrogens (tertiary/aromatic N) is 3. The third-order valence-electron chi connectivity index (χ3n) is 3.44. The number of hydrogen-bond acceptors (Lipinski definition) is 3. The fraction of sp³-hybridized carbons (Fsp3) is 0.722. The molecule has 0 saturated carbocycles. The summed E-state index contributed by atoms with van der Waals surface area (Å²) in [6.45, 7) is 12.6. The maximum absolute atomic E-state index is 4.53. The smallest absolute Gasteiger partial charge is 0.128 e. The Morgan fingerprint density at radius 1 is 1.19 bits per heavy atom. The zero-order chi connectivity index (χ0) is 16.3. The van der Waals surface area contributed by atoms with Gasteiger partial charge in [0.2, 0.25) is 0 Å². The van der Waals surface area contributed by atoms with Gasteiger partial charge in [0.15, 0.2) is 0 Å². The minimum Gasteiger partial charge on any atom is -0.355 e. The van der Waals surface area contributed by atoms with Crippen LogP contribution in [0.25, 0.3) is 0 Å². The summed E-state index contributed by atoms with van der Waals surface area (Å²) in [7, 11) is 4.31. The topological polar surface area (TPSA) is 19.4 Å². The second-order valence-corrected chi connectivity index (χ2v) is 5.44. The van der Waals surface area contributed by atoms with Crippen LogP contribution in [0.1, 0.15) is 53.0 Å². The SMILES string of the molecule is CC.CCC.CCc1ccc(N2CCC(N(C)C)C2)nc1. The van der Waals surface area contributed by atoms with Crippen LogP contribution in [0, 0.1) is 0 Å². The van der Waals surface area contributed by atoms with E-state index in [1.165, 1.54) is 18.4 Å². The third-order valence-corrected chi connectivity index (χ3v) is 3.44. The van der Waals surface area contributed by atoms with Crippen molar-refractivity contribution in [3.05, 3.63) is 23.9 Å². The first-order valence-corrected chi connectivity index (χ1v) is 8.48. The van der Waals surface area contributed by atoms with Crippen LogP contribution in [0.2, 0.25) is 0 Å². The van der Waals surface area contributed by atoms with Crippen molar-refractivity contribution in [3.63, 3.8) is 0 Å². The maximum atomic E-state index is 4.53. The van der Waals surface area contributed by atoms with E-state index in [2.05, 4.69) is 61.8 Å². The lowest BCUT2D eigenvalue weighted by Crippen LogP contribution is -2.31. The Bertz CT molecular complexity index is 346. The molecule has 21 heavy (non-hydrogen) atoms. The van der Waals surface area contributed by atoms with Crippen molar-refractivity contribution < 1.29 is 0 Å². The van der Waals surface area contributed by atoms with Crippen LogP contribution < -0.4 is 4.90 Å². The number of pyridine rings is 1. The first-order chi connectivity index (χ1) is 10.1. The summed E-state index contributed by atoms with van der Waals surface area (Å²) < 4.78 is 0. The first-order valence-electron chi connectivity index (χ1n) is 8.48. The van der Waals surface area contributed by atoms with E-state index in [-0.39, 0.29) is 0 Å². The Morgan fingerprint density at radius 3 is 2.19 bits per heavy atom. The highest BCUT2D eigenvalue weighted by Gasteiger charge is 2.24.